The van der Waals surface area contributed by atoms with Crippen LogP contribution in [0.4, 0.5) is 4.39 Å². The Morgan fingerprint density at radius 2 is 2.00 bits per heavy atom. The number of aliphatic hydroxyl groups excluding tert-OH is 1. The van der Waals surface area contributed by atoms with Gasteiger partial charge in [0, 0.05) is 6.42 Å². The van der Waals surface area contributed by atoms with Crippen LogP contribution in [-0.4, -0.2) is 12.2 Å². The first-order chi connectivity index (χ1) is 9.51. The summed E-state index contributed by atoms with van der Waals surface area (Å²) in [6.45, 7) is 1.98. The van der Waals surface area contributed by atoms with E-state index < -0.39 is 11.9 Å². The van der Waals surface area contributed by atoms with Gasteiger partial charge in [0.05, 0.1) is 18.2 Å². The van der Waals surface area contributed by atoms with Crippen molar-refractivity contribution >= 4 is 11.6 Å². The first kappa shape index (κ1) is 14.8. The molecule has 0 aromatic heterocycles. The summed E-state index contributed by atoms with van der Waals surface area (Å²) in [6.07, 6.45) is -0.379. The summed E-state index contributed by atoms with van der Waals surface area (Å²) in [6, 6.07) is 10.0. The highest BCUT2D eigenvalue weighted by atomic mass is 35.5. The van der Waals surface area contributed by atoms with Crippen molar-refractivity contribution < 1.29 is 14.2 Å². The maximum absolute atomic E-state index is 13.1. The Kier molecular flexibility index (Phi) is 4.63. The van der Waals surface area contributed by atoms with E-state index in [0.29, 0.717) is 12.0 Å². The molecule has 106 valence electrons. The third-order valence-electron chi connectivity index (χ3n) is 3.18. The van der Waals surface area contributed by atoms with Crippen molar-refractivity contribution in [1.29, 1.82) is 0 Å². The van der Waals surface area contributed by atoms with Crippen molar-refractivity contribution in [3.05, 3.63) is 63.9 Å². The van der Waals surface area contributed by atoms with Crippen molar-refractivity contribution in [2.45, 2.75) is 19.4 Å². The van der Waals surface area contributed by atoms with Gasteiger partial charge >= 0.3 is 0 Å². The molecule has 20 heavy (non-hydrogen) atoms. The molecule has 0 saturated carbocycles. The van der Waals surface area contributed by atoms with E-state index in [-0.39, 0.29) is 5.02 Å². The second kappa shape index (κ2) is 6.25. The number of hydrogen-bond acceptors (Lipinski definition) is 2. The van der Waals surface area contributed by atoms with E-state index in [1.807, 2.05) is 25.1 Å². The Morgan fingerprint density at radius 3 is 2.65 bits per heavy atom. The largest absolute Gasteiger partial charge is 0.496 e. The van der Waals surface area contributed by atoms with Gasteiger partial charge in [0.1, 0.15) is 11.6 Å². The molecule has 0 radical (unpaired) electrons. The van der Waals surface area contributed by atoms with E-state index in [1.54, 1.807) is 7.11 Å². The van der Waals surface area contributed by atoms with Gasteiger partial charge in [-0.2, -0.15) is 0 Å². The van der Waals surface area contributed by atoms with Crippen LogP contribution in [0.3, 0.4) is 0 Å². The van der Waals surface area contributed by atoms with E-state index in [2.05, 4.69) is 0 Å². The summed E-state index contributed by atoms with van der Waals surface area (Å²) in [7, 11) is 1.59. The van der Waals surface area contributed by atoms with Crippen molar-refractivity contribution in [2.75, 3.05) is 7.11 Å². The Hall–Kier alpha value is -1.58. The average Bonchev–Trinajstić information content (AvgIpc) is 2.42. The minimum absolute atomic E-state index is 0.0118. The highest BCUT2D eigenvalue weighted by Gasteiger charge is 2.13. The first-order valence-corrected chi connectivity index (χ1v) is 6.65. The SMILES string of the molecule is COc1ccc(C)cc1CC(O)c1ccc(F)c(Cl)c1. The molecule has 0 aliphatic rings. The van der Waals surface area contributed by atoms with Gasteiger partial charge in [-0.05, 0) is 36.2 Å². The Morgan fingerprint density at radius 1 is 1.25 bits per heavy atom. The zero-order valence-corrected chi connectivity index (χ0v) is 12.1. The van der Waals surface area contributed by atoms with Crippen molar-refractivity contribution in [3.8, 4) is 5.75 Å². The fourth-order valence-electron chi connectivity index (χ4n) is 2.11. The van der Waals surface area contributed by atoms with Crippen LogP contribution in [0.5, 0.6) is 5.75 Å². The van der Waals surface area contributed by atoms with E-state index in [0.717, 1.165) is 16.9 Å². The van der Waals surface area contributed by atoms with Crippen LogP contribution in [-0.2, 0) is 6.42 Å². The molecule has 0 aliphatic carbocycles. The quantitative estimate of drug-likeness (QED) is 0.921. The smallest absolute Gasteiger partial charge is 0.141 e. The highest BCUT2D eigenvalue weighted by Crippen LogP contribution is 2.28. The summed E-state index contributed by atoms with van der Waals surface area (Å²) in [5, 5.41) is 10.3. The predicted octanol–water partition coefficient (Wildman–Crippen LogP) is 4.07. The number of aliphatic hydroxyl groups is 1. The van der Waals surface area contributed by atoms with Gasteiger partial charge in [-0.3, -0.25) is 0 Å². The molecule has 0 aliphatic heterocycles. The van der Waals surface area contributed by atoms with Crippen LogP contribution in [0.1, 0.15) is 22.8 Å². The van der Waals surface area contributed by atoms with E-state index in [4.69, 9.17) is 16.3 Å². The molecule has 0 amide bonds. The second-order valence-electron chi connectivity index (χ2n) is 4.71. The summed E-state index contributed by atoms with van der Waals surface area (Å²) >= 11 is 5.73. The molecule has 2 aromatic rings. The Balaban J connectivity index is 2.24. The third-order valence-corrected chi connectivity index (χ3v) is 3.47. The molecular formula is C16H16ClFO2. The molecule has 0 heterocycles. The van der Waals surface area contributed by atoms with Crippen molar-refractivity contribution in [1.82, 2.24) is 0 Å². The minimum Gasteiger partial charge on any atom is -0.496 e. The zero-order valence-electron chi connectivity index (χ0n) is 11.4. The number of methoxy groups -OCH3 is 1. The molecule has 4 heteroatoms. The van der Waals surface area contributed by atoms with Crippen LogP contribution in [0.25, 0.3) is 0 Å². The van der Waals surface area contributed by atoms with E-state index in [1.165, 1.54) is 18.2 Å². The molecule has 0 bridgehead atoms. The minimum atomic E-state index is -0.760. The summed E-state index contributed by atoms with van der Waals surface area (Å²) in [5.41, 5.74) is 2.57. The number of aryl methyl sites for hydroxylation is 1. The third kappa shape index (κ3) is 3.30. The molecule has 1 atom stereocenters. The van der Waals surface area contributed by atoms with Gasteiger partial charge < -0.3 is 9.84 Å². The molecule has 2 aromatic carbocycles. The lowest BCUT2D eigenvalue weighted by molar-refractivity contribution is 0.177. The van der Waals surface area contributed by atoms with Gasteiger partial charge in [-0.1, -0.05) is 35.4 Å². The van der Waals surface area contributed by atoms with Crippen LogP contribution in [0, 0.1) is 12.7 Å². The Bertz CT molecular complexity index is 613. The zero-order chi connectivity index (χ0) is 14.7. The normalized spacial score (nSPS) is 12.2. The van der Waals surface area contributed by atoms with Crippen LogP contribution in [0.15, 0.2) is 36.4 Å². The van der Waals surface area contributed by atoms with Crippen LogP contribution >= 0.6 is 11.6 Å². The van der Waals surface area contributed by atoms with Gasteiger partial charge in [0.15, 0.2) is 0 Å². The number of hydrogen-bond donors (Lipinski definition) is 1. The topological polar surface area (TPSA) is 29.5 Å². The van der Waals surface area contributed by atoms with E-state index >= 15 is 0 Å². The molecule has 2 rings (SSSR count). The van der Waals surface area contributed by atoms with Gasteiger partial charge in [-0.15, -0.1) is 0 Å². The molecule has 2 nitrogen and oxygen atoms in total. The van der Waals surface area contributed by atoms with Gasteiger partial charge in [0.25, 0.3) is 0 Å². The maximum Gasteiger partial charge on any atom is 0.141 e. The monoisotopic (exact) mass is 294 g/mol. The molecule has 0 fully saturated rings. The molecule has 1 unspecified atom stereocenters. The lowest BCUT2D eigenvalue weighted by atomic mass is 9.99. The fourth-order valence-corrected chi connectivity index (χ4v) is 2.30. The first-order valence-electron chi connectivity index (χ1n) is 6.28. The second-order valence-corrected chi connectivity index (χ2v) is 5.12. The Labute approximate surface area is 122 Å². The number of halogens is 2. The summed E-state index contributed by atoms with van der Waals surface area (Å²) in [4.78, 5) is 0. The predicted molar refractivity (Wildman–Crippen MR) is 77.8 cm³/mol. The fraction of sp³-hybridized carbons (Fsp3) is 0.250. The maximum atomic E-state index is 13.1. The number of ether oxygens (including phenoxy) is 1. The van der Waals surface area contributed by atoms with Crippen molar-refractivity contribution in [2.24, 2.45) is 0 Å². The average molecular weight is 295 g/mol. The summed E-state index contributed by atoms with van der Waals surface area (Å²) < 4.78 is 18.4. The van der Waals surface area contributed by atoms with Crippen molar-refractivity contribution in [3.63, 3.8) is 0 Å². The lowest BCUT2D eigenvalue weighted by Crippen LogP contribution is -2.04. The molecule has 0 spiro atoms. The lowest BCUT2D eigenvalue weighted by Gasteiger charge is -2.15. The van der Waals surface area contributed by atoms with Gasteiger partial charge in [-0.25, -0.2) is 4.39 Å². The van der Waals surface area contributed by atoms with E-state index in [9.17, 15) is 9.50 Å². The highest BCUT2D eigenvalue weighted by molar-refractivity contribution is 6.30. The number of benzene rings is 2. The molecule has 0 saturated heterocycles. The van der Waals surface area contributed by atoms with Crippen LogP contribution in [0.2, 0.25) is 5.02 Å². The molecular weight excluding hydrogens is 279 g/mol. The van der Waals surface area contributed by atoms with Crippen LogP contribution < -0.4 is 4.74 Å². The number of rotatable bonds is 4. The van der Waals surface area contributed by atoms with Gasteiger partial charge in [0.2, 0.25) is 0 Å². The standard InChI is InChI=1S/C16H16ClFO2/c1-10-3-6-16(20-2)12(7-10)9-15(19)11-4-5-14(18)13(17)8-11/h3-8,15,19H,9H2,1-2H3. The molecule has 1 N–H and O–H groups in total. The summed E-state index contributed by atoms with van der Waals surface area (Å²) in [5.74, 6) is 0.235.